The van der Waals surface area contributed by atoms with Crippen molar-refractivity contribution in [3.05, 3.63) is 46.4 Å². The summed E-state index contributed by atoms with van der Waals surface area (Å²) in [5.41, 5.74) is -1.73. The van der Waals surface area contributed by atoms with Gasteiger partial charge in [-0.05, 0) is 0 Å². The molecular formula is C12H9AsF4N2OS. The fourth-order valence-corrected chi connectivity index (χ4v) is 3.51. The van der Waals surface area contributed by atoms with Crippen molar-refractivity contribution in [2.45, 2.75) is 16.0 Å². The summed E-state index contributed by atoms with van der Waals surface area (Å²) in [6.07, 6.45) is -3.58. The molecular weight excluding hydrogens is 371 g/mol. The first-order chi connectivity index (χ1) is 9.71. The molecule has 0 aromatic carbocycles. The number of alkyl halides is 3. The second-order valence-corrected chi connectivity index (χ2v) is 6.42. The van der Waals surface area contributed by atoms with Crippen LogP contribution in [-0.4, -0.2) is 26.4 Å². The Bertz CT molecular complexity index is 745. The van der Waals surface area contributed by atoms with Crippen molar-refractivity contribution in [1.29, 1.82) is 0 Å². The van der Waals surface area contributed by atoms with Crippen LogP contribution in [-0.2, 0) is 13.2 Å². The van der Waals surface area contributed by atoms with Crippen LogP contribution in [0.15, 0.2) is 39.0 Å². The van der Waals surface area contributed by atoms with Crippen LogP contribution in [0.25, 0.3) is 0 Å². The van der Waals surface area contributed by atoms with Gasteiger partial charge in [0.05, 0.1) is 0 Å². The third kappa shape index (κ3) is 3.32. The molecule has 2 rings (SSSR count). The van der Waals surface area contributed by atoms with Crippen LogP contribution in [0.1, 0.15) is 5.69 Å². The summed E-state index contributed by atoms with van der Waals surface area (Å²) in [5.74, 6) is -0.731. The van der Waals surface area contributed by atoms with E-state index in [1.54, 1.807) is 0 Å². The van der Waals surface area contributed by atoms with Gasteiger partial charge in [-0.2, -0.15) is 0 Å². The van der Waals surface area contributed by atoms with Gasteiger partial charge in [-0.1, -0.05) is 0 Å². The molecule has 0 saturated heterocycles. The van der Waals surface area contributed by atoms with Crippen molar-refractivity contribution in [2.75, 3.05) is 0 Å². The SMILES string of the molecule is Cn1c(F)cc([AsH2])c(Sc2cccnc2C(F)(F)F)c1=O. The van der Waals surface area contributed by atoms with Crippen molar-refractivity contribution < 1.29 is 17.6 Å². The number of aromatic nitrogens is 2. The molecule has 3 nitrogen and oxygen atoms in total. The molecule has 112 valence electrons. The standard InChI is InChI=1S/C12H9AsF4N2OS/c1-19-8(14)5-6(13)9(11(19)20)21-7-3-2-4-18-10(7)12(15,16)17/h2-5H,13H2,1H3. The molecule has 0 radical (unpaired) electrons. The van der Waals surface area contributed by atoms with E-state index in [1.165, 1.54) is 19.2 Å². The first-order valence-electron chi connectivity index (χ1n) is 5.57. The summed E-state index contributed by atoms with van der Waals surface area (Å²) in [5, 5.41) is 0. The number of pyridine rings is 2. The first-order valence-corrected chi connectivity index (χ1v) is 7.59. The predicted molar refractivity (Wildman–Crippen MR) is 73.2 cm³/mol. The first kappa shape index (κ1) is 16.1. The molecule has 2 heterocycles. The Balaban J connectivity index is 2.55. The van der Waals surface area contributed by atoms with Crippen LogP contribution in [0.2, 0.25) is 0 Å². The van der Waals surface area contributed by atoms with E-state index in [-0.39, 0.29) is 9.79 Å². The second-order valence-electron chi connectivity index (χ2n) is 4.07. The number of rotatable bonds is 2. The van der Waals surface area contributed by atoms with Crippen LogP contribution in [0, 0.1) is 5.95 Å². The Morgan fingerprint density at radius 3 is 2.67 bits per heavy atom. The van der Waals surface area contributed by atoms with E-state index in [2.05, 4.69) is 4.98 Å². The summed E-state index contributed by atoms with van der Waals surface area (Å²) >= 11 is 1.61. The number of halogens is 4. The molecule has 1 unspecified atom stereocenters. The Morgan fingerprint density at radius 2 is 2.05 bits per heavy atom. The van der Waals surface area contributed by atoms with E-state index in [0.29, 0.717) is 16.1 Å². The summed E-state index contributed by atoms with van der Waals surface area (Å²) < 4.78 is 53.1. The molecule has 2 aromatic rings. The normalized spacial score (nSPS) is 11.7. The van der Waals surface area contributed by atoms with Gasteiger partial charge in [-0.25, -0.2) is 0 Å². The quantitative estimate of drug-likeness (QED) is 0.448. The zero-order chi connectivity index (χ0) is 15.8. The van der Waals surface area contributed by atoms with Crippen molar-refractivity contribution in [2.24, 2.45) is 7.05 Å². The van der Waals surface area contributed by atoms with Gasteiger partial charge in [0.1, 0.15) is 0 Å². The van der Waals surface area contributed by atoms with E-state index in [0.717, 1.165) is 33.7 Å². The summed E-state index contributed by atoms with van der Waals surface area (Å²) in [6, 6.07) is 3.72. The van der Waals surface area contributed by atoms with E-state index in [4.69, 9.17) is 0 Å². The van der Waals surface area contributed by atoms with Gasteiger partial charge in [-0.15, -0.1) is 0 Å². The number of nitrogens with zero attached hydrogens (tertiary/aromatic N) is 2. The predicted octanol–water partition coefficient (Wildman–Crippen LogP) is 1.35. The molecule has 0 fully saturated rings. The van der Waals surface area contributed by atoms with E-state index < -0.39 is 23.4 Å². The Hall–Kier alpha value is -1.27. The van der Waals surface area contributed by atoms with Crippen LogP contribution in [0.4, 0.5) is 17.6 Å². The Labute approximate surface area is 129 Å². The van der Waals surface area contributed by atoms with Crippen LogP contribution in [0.5, 0.6) is 0 Å². The van der Waals surface area contributed by atoms with Crippen molar-refractivity contribution in [1.82, 2.24) is 9.55 Å². The van der Waals surface area contributed by atoms with Crippen molar-refractivity contribution in [3.8, 4) is 0 Å². The van der Waals surface area contributed by atoms with Gasteiger partial charge in [0.25, 0.3) is 0 Å². The molecule has 0 aliphatic carbocycles. The molecule has 0 aliphatic heterocycles. The summed E-state index contributed by atoms with van der Waals surface area (Å²) in [6.45, 7) is 0. The van der Waals surface area contributed by atoms with E-state index in [1.807, 2.05) is 0 Å². The average molecular weight is 380 g/mol. The maximum atomic E-state index is 13.4. The Kier molecular flexibility index (Phi) is 4.48. The zero-order valence-corrected chi connectivity index (χ0v) is 13.8. The minimum absolute atomic E-state index is 0.0670. The van der Waals surface area contributed by atoms with Gasteiger partial charge in [0.15, 0.2) is 0 Å². The number of hydrogen-bond acceptors (Lipinski definition) is 3. The molecule has 0 N–H and O–H groups in total. The monoisotopic (exact) mass is 380 g/mol. The van der Waals surface area contributed by atoms with Crippen molar-refractivity contribution >= 4 is 33.0 Å². The minimum atomic E-state index is -4.62. The molecule has 0 bridgehead atoms. The molecule has 1 atom stereocenters. The Morgan fingerprint density at radius 1 is 1.38 bits per heavy atom. The fourth-order valence-electron chi connectivity index (χ4n) is 1.56. The van der Waals surface area contributed by atoms with Gasteiger partial charge >= 0.3 is 129 Å². The molecule has 0 spiro atoms. The van der Waals surface area contributed by atoms with E-state index >= 15 is 0 Å². The molecule has 21 heavy (non-hydrogen) atoms. The van der Waals surface area contributed by atoms with Crippen LogP contribution in [0.3, 0.4) is 0 Å². The topological polar surface area (TPSA) is 34.9 Å². The van der Waals surface area contributed by atoms with Gasteiger partial charge in [0, 0.05) is 0 Å². The van der Waals surface area contributed by atoms with Gasteiger partial charge < -0.3 is 0 Å². The van der Waals surface area contributed by atoms with Gasteiger partial charge in [-0.3, -0.25) is 0 Å². The zero-order valence-electron chi connectivity index (χ0n) is 10.6. The van der Waals surface area contributed by atoms with Gasteiger partial charge in [0.2, 0.25) is 0 Å². The third-order valence-electron chi connectivity index (χ3n) is 2.61. The summed E-state index contributed by atoms with van der Waals surface area (Å²) in [7, 11) is 1.22. The molecule has 2 aromatic heterocycles. The second kappa shape index (κ2) is 5.85. The molecule has 0 aliphatic rings. The molecule has 9 heteroatoms. The molecule has 0 saturated carbocycles. The van der Waals surface area contributed by atoms with E-state index in [9.17, 15) is 22.4 Å². The van der Waals surface area contributed by atoms with Crippen LogP contribution < -0.4 is 9.91 Å². The summed E-state index contributed by atoms with van der Waals surface area (Å²) in [4.78, 5) is 15.2. The average Bonchev–Trinajstić information content (AvgIpc) is 2.40. The van der Waals surface area contributed by atoms with Crippen molar-refractivity contribution in [3.63, 3.8) is 0 Å². The molecule has 0 amide bonds. The fraction of sp³-hybridized carbons (Fsp3) is 0.167. The van der Waals surface area contributed by atoms with Crippen LogP contribution >= 0.6 is 11.8 Å². The number of hydrogen-bond donors (Lipinski definition) is 0. The third-order valence-corrected chi connectivity index (χ3v) is 5.17. The maximum absolute atomic E-state index is 13.4.